The molecule has 0 radical (unpaired) electrons. The number of halogens is 1. The normalized spacial score (nSPS) is 10.6. The summed E-state index contributed by atoms with van der Waals surface area (Å²) < 4.78 is 11.7. The molecule has 0 heterocycles. The van der Waals surface area contributed by atoms with Crippen molar-refractivity contribution in [3.8, 4) is 11.5 Å². The molecule has 1 aromatic carbocycles. The number of nitrogens with one attached hydrogen (secondary N) is 1. The fraction of sp³-hybridized carbons (Fsp3) is 0.625. The fourth-order valence-corrected chi connectivity index (χ4v) is 2.65. The van der Waals surface area contributed by atoms with Crippen molar-refractivity contribution in [1.82, 2.24) is 5.32 Å². The van der Waals surface area contributed by atoms with Crippen LogP contribution in [0, 0.1) is 0 Å². The van der Waals surface area contributed by atoms with E-state index >= 15 is 0 Å². The predicted octanol–water partition coefficient (Wildman–Crippen LogP) is 4.18. The van der Waals surface area contributed by atoms with E-state index in [-0.39, 0.29) is 0 Å². The van der Waals surface area contributed by atoms with Gasteiger partial charge in [0.1, 0.15) is 11.5 Å². The quantitative estimate of drug-likeness (QED) is 0.646. The molecule has 0 atom stereocenters. The van der Waals surface area contributed by atoms with Gasteiger partial charge in [0.2, 0.25) is 0 Å². The summed E-state index contributed by atoms with van der Waals surface area (Å²) in [5.41, 5.74) is 1.22. The molecule has 114 valence electrons. The van der Waals surface area contributed by atoms with Crippen LogP contribution in [0.5, 0.6) is 11.5 Å². The molecule has 1 rings (SSSR count). The molecule has 0 spiro atoms. The van der Waals surface area contributed by atoms with E-state index in [0.717, 1.165) is 35.5 Å². The van der Waals surface area contributed by atoms with Crippen molar-refractivity contribution >= 4 is 15.9 Å². The predicted molar refractivity (Wildman–Crippen MR) is 88.0 cm³/mol. The van der Waals surface area contributed by atoms with Crippen molar-refractivity contribution in [2.45, 2.75) is 39.0 Å². The van der Waals surface area contributed by atoms with Crippen LogP contribution in [-0.4, -0.2) is 27.3 Å². The Morgan fingerprint density at radius 3 is 2.40 bits per heavy atom. The standard InChI is InChI=1S/C16H26BrNO2/c1-4-9-18-10-7-5-6-8-13-11-16(20-3)14(17)12-15(13)19-2/h11-12,18H,4-10H2,1-3H3. The van der Waals surface area contributed by atoms with E-state index in [2.05, 4.69) is 34.2 Å². The molecule has 0 amide bonds. The van der Waals surface area contributed by atoms with Gasteiger partial charge in [-0.2, -0.15) is 0 Å². The summed E-state index contributed by atoms with van der Waals surface area (Å²) in [5.74, 6) is 1.80. The van der Waals surface area contributed by atoms with Crippen LogP contribution >= 0.6 is 15.9 Å². The molecular weight excluding hydrogens is 318 g/mol. The first kappa shape index (κ1) is 17.3. The number of ether oxygens (including phenoxy) is 2. The molecule has 4 heteroatoms. The Kier molecular flexibility index (Phi) is 8.70. The van der Waals surface area contributed by atoms with E-state index in [9.17, 15) is 0 Å². The van der Waals surface area contributed by atoms with Crippen molar-refractivity contribution in [3.63, 3.8) is 0 Å². The number of methoxy groups -OCH3 is 2. The van der Waals surface area contributed by atoms with Crippen LogP contribution in [0.15, 0.2) is 16.6 Å². The molecule has 3 nitrogen and oxygen atoms in total. The molecule has 0 saturated carbocycles. The van der Waals surface area contributed by atoms with Crippen LogP contribution in [0.4, 0.5) is 0 Å². The van der Waals surface area contributed by atoms with Gasteiger partial charge in [-0.05, 0) is 72.4 Å². The maximum Gasteiger partial charge on any atom is 0.133 e. The minimum Gasteiger partial charge on any atom is -0.496 e. The lowest BCUT2D eigenvalue weighted by Crippen LogP contribution is -2.15. The van der Waals surface area contributed by atoms with Crippen molar-refractivity contribution in [2.24, 2.45) is 0 Å². The minimum atomic E-state index is 0.866. The maximum atomic E-state index is 5.44. The number of benzene rings is 1. The largest absolute Gasteiger partial charge is 0.496 e. The fourth-order valence-electron chi connectivity index (χ4n) is 2.16. The molecule has 1 aromatic rings. The first-order valence-electron chi connectivity index (χ1n) is 7.34. The Morgan fingerprint density at radius 1 is 1.00 bits per heavy atom. The highest BCUT2D eigenvalue weighted by molar-refractivity contribution is 9.10. The molecule has 0 aliphatic heterocycles. The highest BCUT2D eigenvalue weighted by atomic mass is 79.9. The van der Waals surface area contributed by atoms with Gasteiger partial charge in [-0.3, -0.25) is 0 Å². The Balaban J connectivity index is 2.42. The molecule has 20 heavy (non-hydrogen) atoms. The van der Waals surface area contributed by atoms with Crippen LogP contribution in [0.2, 0.25) is 0 Å². The Hall–Kier alpha value is -0.740. The van der Waals surface area contributed by atoms with Crippen LogP contribution in [0.3, 0.4) is 0 Å². The smallest absolute Gasteiger partial charge is 0.133 e. The molecule has 0 aliphatic carbocycles. The summed E-state index contributed by atoms with van der Waals surface area (Å²) in [4.78, 5) is 0. The van der Waals surface area contributed by atoms with Crippen molar-refractivity contribution in [3.05, 3.63) is 22.2 Å². The van der Waals surface area contributed by atoms with E-state index in [1.54, 1.807) is 14.2 Å². The second kappa shape index (κ2) is 10.1. The Labute approximate surface area is 131 Å². The number of rotatable bonds is 10. The van der Waals surface area contributed by atoms with Gasteiger partial charge in [0.05, 0.1) is 18.7 Å². The lowest BCUT2D eigenvalue weighted by molar-refractivity contribution is 0.396. The molecule has 0 aromatic heterocycles. The number of hydrogen-bond donors (Lipinski definition) is 1. The van der Waals surface area contributed by atoms with Gasteiger partial charge in [0.25, 0.3) is 0 Å². The van der Waals surface area contributed by atoms with Crippen LogP contribution in [0.1, 0.15) is 38.2 Å². The van der Waals surface area contributed by atoms with Gasteiger partial charge in [-0.25, -0.2) is 0 Å². The summed E-state index contributed by atoms with van der Waals surface area (Å²) in [5, 5.41) is 3.43. The average molecular weight is 344 g/mol. The van der Waals surface area contributed by atoms with Gasteiger partial charge in [0, 0.05) is 0 Å². The van der Waals surface area contributed by atoms with E-state index in [1.807, 2.05) is 6.07 Å². The van der Waals surface area contributed by atoms with E-state index in [4.69, 9.17) is 9.47 Å². The average Bonchev–Trinajstić information content (AvgIpc) is 2.47. The third kappa shape index (κ3) is 5.71. The molecule has 0 bridgehead atoms. The van der Waals surface area contributed by atoms with Crippen molar-refractivity contribution in [2.75, 3.05) is 27.3 Å². The zero-order valence-electron chi connectivity index (χ0n) is 12.8. The molecular formula is C16H26BrNO2. The van der Waals surface area contributed by atoms with Gasteiger partial charge in [-0.1, -0.05) is 13.3 Å². The second-order valence-corrected chi connectivity index (χ2v) is 5.71. The Morgan fingerprint density at radius 2 is 1.75 bits per heavy atom. The lowest BCUT2D eigenvalue weighted by Gasteiger charge is -2.12. The summed E-state index contributed by atoms with van der Waals surface area (Å²) in [7, 11) is 3.40. The van der Waals surface area contributed by atoms with E-state index in [1.165, 1.54) is 31.2 Å². The lowest BCUT2D eigenvalue weighted by atomic mass is 10.1. The van der Waals surface area contributed by atoms with Gasteiger partial charge in [-0.15, -0.1) is 0 Å². The highest BCUT2D eigenvalue weighted by Gasteiger charge is 2.09. The van der Waals surface area contributed by atoms with Crippen LogP contribution < -0.4 is 14.8 Å². The summed E-state index contributed by atoms with van der Waals surface area (Å²) in [6.45, 7) is 4.44. The first-order valence-corrected chi connectivity index (χ1v) is 8.13. The molecule has 0 fully saturated rings. The first-order chi connectivity index (χ1) is 9.72. The zero-order valence-corrected chi connectivity index (χ0v) is 14.4. The van der Waals surface area contributed by atoms with Gasteiger partial charge < -0.3 is 14.8 Å². The number of hydrogen-bond acceptors (Lipinski definition) is 3. The Bertz CT molecular complexity index is 396. The molecule has 0 unspecified atom stereocenters. The maximum absolute atomic E-state index is 5.44. The summed E-state index contributed by atoms with van der Waals surface area (Å²) in [6.07, 6.45) is 5.87. The zero-order chi connectivity index (χ0) is 14.8. The SMILES string of the molecule is CCCNCCCCCc1cc(OC)c(Br)cc1OC. The van der Waals surface area contributed by atoms with Gasteiger partial charge >= 0.3 is 0 Å². The third-order valence-corrected chi connectivity index (χ3v) is 3.90. The van der Waals surface area contributed by atoms with E-state index in [0.29, 0.717) is 0 Å². The number of unbranched alkanes of at least 4 members (excludes halogenated alkanes) is 2. The van der Waals surface area contributed by atoms with Gasteiger partial charge in [0.15, 0.2) is 0 Å². The minimum absolute atomic E-state index is 0.866. The molecule has 1 N–H and O–H groups in total. The third-order valence-electron chi connectivity index (χ3n) is 3.28. The summed E-state index contributed by atoms with van der Waals surface area (Å²) in [6, 6.07) is 4.05. The second-order valence-electron chi connectivity index (χ2n) is 4.86. The highest BCUT2D eigenvalue weighted by Crippen LogP contribution is 2.33. The van der Waals surface area contributed by atoms with E-state index < -0.39 is 0 Å². The molecule has 0 aliphatic rings. The summed E-state index contributed by atoms with van der Waals surface area (Å²) >= 11 is 3.49. The van der Waals surface area contributed by atoms with Crippen LogP contribution in [0.25, 0.3) is 0 Å². The topological polar surface area (TPSA) is 30.5 Å². The van der Waals surface area contributed by atoms with Crippen molar-refractivity contribution in [1.29, 1.82) is 0 Å². The monoisotopic (exact) mass is 343 g/mol. The van der Waals surface area contributed by atoms with Crippen LogP contribution in [-0.2, 0) is 6.42 Å². The number of aryl methyl sites for hydroxylation is 1. The van der Waals surface area contributed by atoms with Crippen molar-refractivity contribution < 1.29 is 9.47 Å². The molecule has 0 saturated heterocycles.